The molecule has 0 saturated heterocycles. The van der Waals surface area contributed by atoms with Gasteiger partial charge in [-0.1, -0.05) is 29.5 Å². The summed E-state index contributed by atoms with van der Waals surface area (Å²) < 4.78 is 49.3. The van der Waals surface area contributed by atoms with Crippen LogP contribution in [-0.2, 0) is 6.18 Å². The molecule has 0 aromatic heterocycles. The Labute approximate surface area is 187 Å². The molecular weight excluding hydrogens is 445 g/mol. The van der Waals surface area contributed by atoms with E-state index in [0.29, 0.717) is 11.1 Å². The molecule has 4 nitrogen and oxygen atoms in total. The van der Waals surface area contributed by atoms with Gasteiger partial charge in [-0.25, -0.2) is 4.79 Å². The topological polar surface area (TPSA) is 55.8 Å². The van der Waals surface area contributed by atoms with E-state index in [1.54, 1.807) is 31.2 Å². The number of hydrogen-bond acceptors (Lipinski definition) is 3. The quantitative estimate of drug-likeness (QED) is 0.436. The molecule has 0 fully saturated rings. The monoisotopic (exact) mass is 460 g/mol. The zero-order chi connectivity index (χ0) is 23.3. The van der Waals surface area contributed by atoms with Crippen molar-refractivity contribution >= 4 is 17.6 Å². The van der Waals surface area contributed by atoms with Crippen molar-refractivity contribution in [1.29, 1.82) is 0 Å². The normalized spacial score (nSPS) is 10.8. The van der Waals surface area contributed by atoms with E-state index in [4.69, 9.17) is 21.1 Å². The number of aromatic carboxylic acids is 1. The fourth-order valence-electron chi connectivity index (χ4n) is 2.74. The van der Waals surface area contributed by atoms with Crippen molar-refractivity contribution in [3.05, 3.63) is 87.9 Å². The first kappa shape index (κ1) is 23.0. The summed E-state index contributed by atoms with van der Waals surface area (Å²) in [6.07, 6.45) is -4.40. The molecule has 0 atom stereocenters. The second kappa shape index (κ2) is 9.67. The standard InChI is InChI=1S/C24H16ClF3O4/c1-15-12-17(23(29)30)14-19(13-15)32-22-20(25)5-2-6-21(22)31-11-3-4-16-7-9-18(10-8-16)24(26,27)28/h2,5-10,12-14H,11H2,1H3,(H,29,30). The highest BCUT2D eigenvalue weighted by molar-refractivity contribution is 6.32. The van der Waals surface area contributed by atoms with Crippen LogP contribution in [0.25, 0.3) is 0 Å². The Bertz CT molecular complexity index is 1190. The summed E-state index contributed by atoms with van der Waals surface area (Å²) in [5.74, 6) is 5.09. The van der Waals surface area contributed by atoms with Crippen molar-refractivity contribution in [3.63, 3.8) is 0 Å². The van der Waals surface area contributed by atoms with Gasteiger partial charge in [-0.3, -0.25) is 0 Å². The van der Waals surface area contributed by atoms with E-state index in [0.717, 1.165) is 12.1 Å². The zero-order valence-electron chi connectivity index (χ0n) is 16.7. The predicted octanol–water partition coefficient (Wildman–Crippen LogP) is 6.59. The summed E-state index contributed by atoms with van der Waals surface area (Å²) >= 11 is 6.23. The molecule has 0 aliphatic rings. The summed E-state index contributed by atoms with van der Waals surface area (Å²) in [6.45, 7) is 1.66. The average Bonchev–Trinajstić information content (AvgIpc) is 2.72. The molecule has 0 aliphatic carbocycles. The Kier molecular flexibility index (Phi) is 6.96. The Morgan fingerprint density at radius 2 is 1.81 bits per heavy atom. The van der Waals surface area contributed by atoms with Crippen LogP contribution in [0.4, 0.5) is 13.2 Å². The number of benzene rings is 3. The highest BCUT2D eigenvalue weighted by atomic mass is 35.5. The van der Waals surface area contributed by atoms with E-state index in [1.807, 2.05) is 0 Å². The first-order chi connectivity index (χ1) is 15.1. The maximum absolute atomic E-state index is 12.6. The van der Waals surface area contributed by atoms with Crippen LogP contribution in [0.3, 0.4) is 0 Å². The van der Waals surface area contributed by atoms with Gasteiger partial charge in [0.25, 0.3) is 0 Å². The first-order valence-corrected chi connectivity index (χ1v) is 9.61. The Morgan fingerprint density at radius 3 is 2.47 bits per heavy atom. The molecule has 0 unspecified atom stereocenters. The number of carboxylic acids is 1. The predicted molar refractivity (Wildman–Crippen MR) is 113 cm³/mol. The van der Waals surface area contributed by atoms with Crippen molar-refractivity contribution in [3.8, 4) is 29.1 Å². The Balaban J connectivity index is 1.74. The number of hydrogen-bond donors (Lipinski definition) is 1. The van der Waals surface area contributed by atoms with Crippen LogP contribution in [0.5, 0.6) is 17.2 Å². The lowest BCUT2D eigenvalue weighted by Gasteiger charge is -2.13. The zero-order valence-corrected chi connectivity index (χ0v) is 17.4. The van der Waals surface area contributed by atoms with Gasteiger partial charge in [0, 0.05) is 5.56 Å². The minimum atomic E-state index is -4.40. The molecule has 0 heterocycles. The number of ether oxygens (including phenoxy) is 2. The second-order valence-electron chi connectivity index (χ2n) is 6.67. The third kappa shape index (κ3) is 5.96. The van der Waals surface area contributed by atoms with Crippen LogP contribution in [0.1, 0.15) is 27.0 Å². The minimum absolute atomic E-state index is 0.0666. The van der Waals surface area contributed by atoms with Gasteiger partial charge in [0.05, 0.1) is 16.1 Å². The van der Waals surface area contributed by atoms with Crippen LogP contribution in [0.15, 0.2) is 60.7 Å². The largest absolute Gasteiger partial charge is 0.478 e. The van der Waals surface area contributed by atoms with Crippen LogP contribution in [0, 0.1) is 18.8 Å². The molecule has 3 aromatic carbocycles. The van der Waals surface area contributed by atoms with Crippen molar-refractivity contribution in [1.82, 2.24) is 0 Å². The lowest BCUT2D eigenvalue weighted by molar-refractivity contribution is -0.137. The Morgan fingerprint density at radius 1 is 1.09 bits per heavy atom. The maximum Gasteiger partial charge on any atom is 0.416 e. The molecule has 0 spiro atoms. The Hall–Kier alpha value is -3.63. The lowest BCUT2D eigenvalue weighted by Crippen LogP contribution is -2.04. The minimum Gasteiger partial charge on any atom is -0.478 e. The highest BCUT2D eigenvalue weighted by Crippen LogP contribution is 2.38. The van der Waals surface area contributed by atoms with Crippen molar-refractivity contribution in [2.24, 2.45) is 0 Å². The van der Waals surface area contributed by atoms with E-state index in [1.165, 1.54) is 24.3 Å². The molecular formula is C24H16ClF3O4. The lowest BCUT2D eigenvalue weighted by atomic mass is 10.1. The summed E-state index contributed by atoms with van der Waals surface area (Å²) in [4.78, 5) is 11.3. The summed E-state index contributed by atoms with van der Waals surface area (Å²) in [5.41, 5.74) is 0.418. The van der Waals surface area contributed by atoms with E-state index in [9.17, 15) is 23.1 Å². The van der Waals surface area contributed by atoms with Gasteiger partial charge in [0.1, 0.15) is 12.4 Å². The third-order valence-corrected chi connectivity index (χ3v) is 4.49. The number of para-hydroxylation sites is 1. The van der Waals surface area contributed by atoms with Gasteiger partial charge in [-0.15, -0.1) is 0 Å². The van der Waals surface area contributed by atoms with E-state index < -0.39 is 17.7 Å². The SMILES string of the molecule is Cc1cc(Oc2c(Cl)cccc2OCC#Cc2ccc(C(F)(F)F)cc2)cc(C(=O)O)c1. The molecule has 32 heavy (non-hydrogen) atoms. The maximum atomic E-state index is 12.6. The van der Waals surface area contributed by atoms with Gasteiger partial charge in [-0.2, -0.15) is 13.2 Å². The fraction of sp³-hybridized carbons (Fsp3) is 0.125. The highest BCUT2D eigenvalue weighted by Gasteiger charge is 2.29. The molecule has 8 heteroatoms. The van der Waals surface area contributed by atoms with Gasteiger partial charge in [0.15, 0.2) is 11.5 Å². The molecule has 0 bridgehead atoms. The summed E-state index contributed by atoms with van der Waals surface area (Å²) in [6, 6.07) is 13.9. The number of carboxylic acid groups (broad SMARTS) is 1. The molecule has 3 aromatic rings. The molecule has 0 radical (unpaired) electrons. The van der Waals surface area contributed by atoms with Crippen LogP contribution >= 0.6 is 11.6 Å². The van der Waals surface area contributed by atoms with Gasteiger partial charge < -0.3 is 14.6 Å². The molecule has 1 N–H and O–H groups in total. The van der Waals surface area contributed by atoms with Crippen LogP contribution in [0.2, 0.25) is 5.02 Å². The molecule has 3 rings (SSSR count). The van der Waals surface area contributed by atoms with Gasteiger partial charge >= 0.3 is 12.1 Å². The van der Waals surface area contributed by atoms with Crippen LogP contribution in [-0.4, -0.2) is 17.7 Å². The van der Waals surface area contributed by atoms with E-state index >= 15 is 0 Å². The van der Waals surface area contributed by atoms with Gasteiger partial charge in [-0.05, 0) is 67.1 Å². The molecule has 0 saturated carbocycles. The first-order valence-electron chi connectivity index (χ1n) is 9.24. The second-order valence-corrected chi connectivity index (χ2v) is 7.08. The smallest absolute Gasteiger partial charge is 0.416 e. The molecule has 0 amide bonds. The summed E-state index contributed by atoms with van der Waals surface area (Å²) in [5, 5.41) is 9.47. The van der Waals surface area contributed by atoms with Crippen LogP contribution < -0.4 is 9.47 Å². The number of rotatable bonds is 5. The third-order valence-electron chi connectivity index (χ3n) is 4.19. The van der Waals surface area contributed by atoms with E-state index in [-0.39, 0.29) is 34.4 Å². The number of halogens is 4. The number of aryl methyl sites for hydroxylation is 1. The van der Waals surface area contributed by atoms with Crippen molar-refractivity contribution in [2.45, 2.75) is 13.1 Å². The molecule has 164 valence electrons. The summed E-state index contributed by atoms with van der Waals surface area (Å²) in [7, 11) is 0. The van der Waals surface area contributed by atoms with Gasteiger partial charge in [0.2, 0.25) is 0 Å². The van der Waals surface area contributed by atoms with E-state index in [2.05, 4.69) is 11.8 Å². The average molecular weight is 461 g/mol. The number of alkyl halides is 3. The van der Waals surface area contributed by atoms with Crippen molar-refractivity contribution < 1.29 is 32.5 Å². The number of carbonyl (C=O) groups is 1. The van der Waals surface area contributed by atoms with Crippen molar-refractivity contribution in [2.75, 3.05) is 6.61 Å². The molecule has 0 aliphatic heterocycles. The fourth-order valence-corrected chi connectivity index (χ4v) is 2.95.